The van der Waals surface area contributed by atoms with Crippen LogP contribution >= 0.6 is 0 Å². The summed E-state index contributed by atoms with van der Waals surface area (Å²) in [6.45, 7) is 2.78. The molecule has 24 heavy (non-hydrogen) atoms. The molecule has 0 unspecified atom stereocenters. The van der Waals surface area contributed by atoms with Crippen LogP contribution in [0.25, 0.3) is 17.0 Å². The van der Waals surface area contributed by atoms with Crippen molar-refractivity contribution < 1.29 is 13.9 Å². The molecule has 1 N–H and O–H groups in total. The first-order valence-electron chi connectivity index (χ1n) is 7.77. The normalized spacial score (nSPS) is 11.0. The second-order valence-electron chi connectivity index (χ2n) is 5.14. The minimum Gasteiger partial charge on any atom is -0.478 e. The number of carbonyl (C=O) groups excluding carboxylic acids is 1. The molecule has 0 aliphatic heterocycles. The number of amides is 1. The van der Waals surface area contributed by atoms with Gasteiger partial charge in [0.2, 0.25) is 11.8 Å². The Morgan fingerprint density at radius 2 is 2.17 bits per heavy atom. The highest BCUT2D eigenvalue weighted by Gasteiger charge is 2.05. The van der Waals surface area contributed by atoms with Crippen LogP contribution in [-0.4, -0.2) is 17.5 Å². The van der Waals surface area contributed by atoms with Crippen molar-refractivity contribution in [1.82, 2.24) is 10.3 Å². The third-order valence-corrected chi connectivity index (χ3v) is 3.43. The number of benzene rings is 1. The first-order valence-corrected chi connectivity index (χ1v) is 7.77. The lowest BCUT2D eigenvalue weighted by molar-refractivity contribution is -0.116. The summed E-state index contributed by atoms with van der Waals surface area (Å²) in [7, 11) is 0. The van der Waals surface area contributed by atoms with Crippen molar-refractivity contribution in [2.24, 2.45) is 0 Å². The van der Waals surface area contributed by atoms with E-state index in [2.05, 4.69) is 10.3 Å². The maximum absolute atomic E-state index is 12.0. The molecule has 1 aromatic carbocycles. The summed E-state index contributed by atoms with van der Waals surface area (Å²) < 4.78 is 11.1. The lowest BCUT2D eigenvalue weighted by atomic mass is 10.2. The molecule has 2 aromatic heterocycles. The molecule has 1 amide bonds. The van der Waals surface area contributed by atoms with Crippen LogP contribution in [0, 0.1) is 0 Å². The van der Waals surface area contributed by atoms with E-state index in [-0.39, 0.29) is 5.91 Å². The van der Waals surface area contributed by atoms with E-state index in [1.807, 2.05) is 49.4 Å². The highest BCUT2D eigenvalue weighted by molar-refractivity contribution is 5.92. The van der Waals surface area contributed by atoms with Gasteiger partial charge in [0.05, 0.1) is 6.61 Å². The van der Waals surface area contributed by atoms with E-state index in [0.717, 1.165) is 16.5 Å². The molecule has 3 aromatic rings. The van der Waals surface area contributed by atoms with E-state index in [1.165, 1.54) is 6.08 Å². The van der Waals surface area contributed by atoms with Gasteiger partial charge < -0.3 is 14.5 Å². The van der Waals surface area contributed by atoms with E-state index in [0.29, 0.717) is 24.8 Å². The van der Waals surface area contributed by atoms with E-state index >= 15 is 0 Å². The highest BCUT2D eigenvalue weighted by atomic mass is 16.5. The van der Waals surface area contributed by atoms with E-state index < -0.39 is 0 Å². The lowest BCUT2D eigenvalue weighted by Crippen LogP contribution is -2.20. The van der Waals surface area contributed by atoms with Crippen molar-refractivity contribution >= 4 is 23.0 Å². The Balaban J connectivity index is 1.61. The molecule has 0 saturated carbocycles. The Kier molecular flexibility index (Phi) is 4.91. The summed E-state index contributed by atoms with van der Waals surface area (Å²) in [5, 5.41) is 3.82. The predicted octanol–water partition coefficient (Wildman–Crippen LogP) is 3.56. The molecule has 0 fully saturated rings. The number of hydrogen-bond acceptors (Lipinski definition) is 4. The maximum atomic E-state index is 12.0. The average molecular weight is 322 g/mol. The van der Waals surface area contributed by atoms with E-state index in [1.54, 1.807) is 12.3 Å². The van der Waals surface area contributed by atoms with Crippen molar-refractivity contribution in [2.75, 3.05) is 6.61 Å². The fourth-order valence-corrected chi connectivity index (χ4v) is 2.31. The number of pyridine rings is 1. The zero-order valence-corrected chi connectivity index (χ0v) is 13.4. The number of ether oxygens (including phenoxy) is 1. The zero-order chi connectivity index (χ0) is 16.8. The summed E-state index contributed by atoms with van der Waals surface area (Å²) in [5.41, 5.74) is 1.64. The number of para-hydroxylation sites is 1. The molecule has 0 radical (unpaired) electrons. The molecular weight excluding hydrogens is 304 g/mol. The van der Waals surface area contributed by atoms with Gasteiger partial charge in [0.1, 0.15) is 11.3 Å². The van der Waals surface area contributed by atoms with Crippen LogP contribution in [0.5, 0.6) is 5.88 Å². The van der Waals surface area contributed by atoms with Crippen LogP contribution in [-0.2, 0) is 11.3 Å². The molecule has 0 atom stereocenters. The molecule has 0 spiro atoms. The van der Waals surface area contributed by atoms with E-state index in [9.17, 15) is 4.79 Å². The fraction of sp³-hybridized carbons (Fsp3) is 0.158. The second kappa shape index (κ2) is 7.46. The minimum absolute atomic E-state index is 0.207. The van der Waals surface area contributed by atoms with Gasteiger partial charge in [0.15, 0.2) is 0 Å². The van der Waals surface area contributed by atoms with Crippen molar-refractivity contribution in [3.8, 4) is 5.88 Å². The molecule has 5 heteroatoms. The largest absolute Gasteiger partial charge is 0.478 e. The molecular formula is C19H18N2O3. The highest BCUT2D eigenvalue weighted by Crippen LogP contribution is 2.19. The molecule has 3 rings (SSSR count). The van der Waals surface area contributed by atoms with E-state index in [4.69, 9.17) is 9.15 Å². The van der Waals surface area contributed by atoms with Gasteiger partial charge in [0, 0.05) is 29.8 Å². The monoisotopic (exact) mass is 322 g/mol. The summed E-state index contributed by atoms with van der Waals surface area (Å²) in [6.07, 6.45) is 4.77. The maximum Gasteiger partial charge on any atom is 0.244 e. The van der Waals surface area contributed by atoms with Crippen LogP contribution < -0.4 is 10.1 Å². The standard InChI is InChI=1S/C19H18N2O3/c1-2-23-19-15(7-5-11-20-19)13-21-18(22)10-9-16-12-14-6-3-4-8-17(14)24-16/h3-12H,2,13H2,1H3,(H,21,22)/b10-9+. The summed E-state index contributed by atoms with van der Waals surface area (Å²) in [6, 6.07) is 13.3. The number of hydrogen-bond donors (Lipinski definition) is 1. The molecule has 0 saturated heterocycles. The fourth-order valence-electron chi connectivity index (χ4n) is 2.31. The smallest absolute Gasteiger partial charge is 0.244 e. The first kappa shape index (κ1) is 15.8. The average Bonchev–Trinajstić information content (AvgIpc) is 3.02. The van der Waals surface area contributed by atoms with Gasteiger partial charge in [-0.3, -0.25) is 4.79 Å². The van der Waals surface area contributed by atoms with Crippen molar-refractivity contribution in [3.63, 3.8) is 0 Å². The van der Waals surface area contributed by atoms with Gasteiger partial charge in [-0.25, -0.2) is 4.98 Å². The Labute approximate surface area is 140 Å². The number of rotatable bonds is 6. The number of nitrogens with one attached hydrogen (secondary N) is 1. The third-order valence-electron chi connectivity index (χ3n) is 3.43. The van der Waals surface area contributed by atoms with Gasteiger partial charge in [-0.05, 0) is 31.2 Å². The van der Waals surface area contributed by atoms with Crippen molar-refractivity contribution in [3.05, 3.63) is 66.1 Å². The molecule has 5 nitrogen and oxygen atoms in total. The third kappa shape index (κ3) is 3.81. The Bertz CT molecular complexity index is 835. The van der Waals surface area contributed by atoms with Gasteiger partial charge in [-0.2, -0.15) is 0 Å². The second-order valence-corrected chi connectivity index (χ2v) is 5.14. The van der Waals surface area contributed by atoms with Crippen LogP contribution in [0.1, 0.15) is 18.2 Å². The van der Waals surface area contributed by atoms with Crippen molar-refractivity contribution in [2.45, 2.75) is 13.5 Å². The topological polar surface area (TPSA) is 64.4 Å². The summed E-state index contributed by atoms with van der Waals surface area (Å²) in [5.74, 6) is 0.978. The van der Waals surface area contributed by atoms with Gasteiger partial charge in [-0.1, -0.05) is 24.3 Å². The van der Waals surface area contributed by atoms with Gasteiger partial charge in [0.25, 0.3) is 0 Å². The van der Waals surface area contributed by atoms with Gasteiger partial charge >= 0.3 is 0 Å². The molecule has 122 valence electrons. The van der Waals surface area contributed by atoms with Gasteiger partial charge in [-0.15, -0.1) is 0 Å². The number of aromatic nitrogens is 1. The quantitative estimate of drug-likeness (QED) is 0.705. The van der Waals surface area contributed by atoms with Crippen LogP contribution in [0.15, 0.2) is 59.2 Å². The Morgan fingerprint density at radius 1 is 1.29 bits per heavy atom. The summed E-state index contributed by atoms with van der Waals surface area (Å²) in [4.78, 5) is 16.1. The molecule has 0 bridgehead atoms. The number of furan rings is 1. The number of nitrogens with zero attached hydrogens (tertiary/aromatic N) is 1. The number of carbonyl (C=O) groups is 1. The zero-order valence-electron chi connectivity index (χ0n) is 13.4. The SMILES string of the molecule is CCOc1ncccc1CNC(=O)/C=C/c1cc2ccccc2o1. The molecule has 0 aliphatic rings. The number of fused-ring (bicyclic) bond motifs is 1. The Morgan fingerprint density at radius 3 is 3.00 bits per heavy atom. The molecule has 2 heterocycles. The summed E-state index contributed by atoms with van der Waals surface area (Å²) >= 11 is 0. The molecule has 0 aliphatic carbocycles. The predicted molar refractivity (Wildman–Crippen MR) is 92.5 cm³/mol. The van der Waals surface area contributed by atoms with Crippen LogP contribution in [0.3, 0.4) is 0 Å². The van der Waals surface area contributed by atoms with Crippen LogP contribution in [0.4, 0.5) is 0 Å². The van der Waals surface area contributed by atoms with Crippen molar-refractivity contribution in [1.29, 1.82) is 0 Å². The minimum atomic E-state index is -0.207. The van der Waals surface area contributed by atoms with Crippen LogP contribution in [0.2, 0.25) is 0 Å². The Hall–Kier alpha value is -3.08. The first-order chi connectivity index (χ1) is 11.8. The lowest BCUT2D eigenvalue weighted by Gasteiger charge is -2.08.